The highest BCUT2D eigenvalue weighted by Gasteiger charge is 1.94. The molecule has 0 unspecified atom stereocenters. The van der Waals surface area contributed by atoms with Gasteiger partial charge in [0.2, 0.25) is 0 Å². The molecule has 4 heteroatoms. The molecule has 2 aromatic heterocycles. The summed E-state index contributed by atoms with van der Waals surface area (Å²) in [4.78, 5) is 14.0. The molecular formula is C6H4N2O2. The van der Waals surface area contributed by atoms with E-state index in [-0.39, 0.29) is 0 Å². The third kappa shape index (κ3) is 0.621. The summed E-state index contributed by atoms with van der Waals surface area (Å²) in [6.07, 6.45) is 1.63. The van der Waals surface area contributed by atoms with Crippen LogP contribution < -0.4 is 5.76 Å². The maximum absolute atomic E-state index is 10.5. The second-order valence-corrected chi connectivity index (χ2v) is 1.85. The minimum Gasteiger partial charge on any atom is -0.314 e. The fourth-order valence-corrected chi connectivity index (χ4v) is 0.781. The van der Waals surface area contributed by atoms with E-state index in [1.807, 2.05) is 0 Å². The van der Waals surface area contributed by atoms with Gasteiger partial charge in [0.1, 0.15) is 0 Å². The van der Waals surface area contributed by atoms with Crippen LogP contribution in [0.25, 0.3) is 5.65 Å². The quantitative estimate of drug-likeness (QED) is 0.522. The van der Waals surface area contributed by atoms with Crippen LogP contribution in [0.2, 0.25) is 0 Å². The zero-order chi connectivity index (χ0) is 6.97. The highest BCUT2D eigenvalue weighted by Crippen LogP contribution is 1.93. The van der Waals surface area contributed by atoms with E-state index in [1.165, 1.54) is 4.57 Å². The molecule has 0 spiro atoms. The van der Waals surface area contributed by atoms with Crippen molar-refractivity contribution in [1.82, 2.24) is 9.56 Å². The van der Waals surface area contributed by atoms with Crippen LogP contribution >= 0.6 is 0 Å². The molecule has 0 radical (unpaired) electrons. The predicted molar refractivity (Wildman–Crippen MR) is 33.7 cm³/mol. The lowest BCUT2D eigenvalue weighted by molar-refractivity contribution is 0.345. The number of hydrogen-bond acceptors (Lipinski definition) is 3. The Morgan fingerprint density at radius 1 is 1.50 bits per heavy atom. The van der Waals surface area contributed by atoms with Crippen molar-refractivity contribution in [3.63, 3.8) is 0 Å². The summed E-state index contributed by atoms with van der Waals surface area (Å²) in [7, 11) is 0. The van der Waals surface area contributed by atoms with Crippen LogP contribution in [0.5, 0.6) is 0 Å². The van der Waals surface area contributed by atoms with Crippen molar-refractivity contribution in [1.29, 1.82) is 0 Å². The van der Waals surface area contributed by atoms with Crippen LogP contribution in [0.3, 0.4) is 0 Å². The van der Waals surface area contributed by atoms with Crippen molar-refractivity contribution in [3.05, 3.63) is 34.9 Å². The first-order valence-electron chi connectivity index (χ1n) is 2.81. The second kappa shape index (κ2) is 1.70. The third-order valence-corrected chi connectivity index (χ3v) is 1.19. The summed E-state index contributed by atoms with van der Waals surface area (Å²) in [6, 6.07) is 5.25. The van der Waals surface area contributed by atoms with E-state index in [0.29, 0.717) is 5.65 Å². The number of pyridine rings is 1. The Morgan fingerprint density at radius 3 is 3.20 bits per heavy atom. The highest BCUT2D eigenvalue weighted by molar-refractivity contribution is 5.33. The molecule has 10 heavy (non-hydrogen) atoms. The van der Waals surface area contributed by atoms with Crippen molar-refractivity contribution in [3.8, 4) is 0 Å². The number of aromatic nitrogens is 2. The molecule has 0 aliphatic heterocycles. The second-order valence-electron chi connectivity index (χ2n) is 1.85. The molecule has 0 fully saturated rings. The number of nitrogens with zero attached hydrogens (tertiary/aromatic N) is 2. The maximum Gasteiger partial charge on any atom is 0.460 e. The Morgan fingerprint density at radius 2 is 2.40 bits per heavy atom. The van der Waals surface area contributed by atoms with E-state index in [1.54, 1.807) is 24.4 Å². The van der Waals surface area contributed by atoms with Crippen LogP contribution in [0.1, 0.15) is 0 Å². The Labute approximate surface area is 55.7 Å². The average Bonchev–Trinajstić information content (AvgIpc) is 2.27. The van der Waals surface area contributed by atoms with Crippen molar-refractivity contribution in [2.75, 3.05) is 0 Å². The van der Waals surface area contributed by atoms with Crippen molar-refractivity contribution in [2.45, 2.75) is 0 Å². The molecule has 4 nitrogen and oxygen atoms in total. The Hall–Kier alpha value is -1.58. The summed E-state index contributed by atoms with van der Waals surface area (Å²) >= 11 is 0. The third-order valence-electron chi connectivity index (χ3n) is 1.19. The molecule has 0 saturated heterocycles. The molecule has 2 heterocycles. The summed E-state index contributed by atoms with van der Waals surface area (Å²) in [6.45, 7) is 0. The average molecular weight is 136 g/mol. The molecule has 0 saturated carbocycles. The van der Waals surface area contributed by atoms with Gasteiger partial charge in [-0.15, -0.1) is 0 Å². The molecule has 0 bridgehead atoms. The van der Waals surface area contributed by atoms with Gasteiger partial charge >= 0.3 is 5.76 Å². The summed E-state index contributed by atoms with van der Waals surface area (Å²) < 4.78 is 5.94. The largest absolute Gasteiger partial charge is 0.460 e. The molecule has 0 aliphatic rings. The minimum absolute atomic E-state index is 0.535. The lowest BCUT2D eigenvalue weighted by Gasteiger charge is -1.83. The molecule has 0 aliphatic carbocycles. The fraction of sp³-hybridized carbons (Fsp3) is 0. The molecule has 2 aromatic rings. The van der Waals surface area contributed by atoms with Crippen molar-refractivity contribution in [2.24, 2.45) is 0 Å². The zero-order valence-corrected chi connectivity index (χ0v) is 5.02. The van der Waals surface area contributed by atoms with E-state index in [9.17, 15) is 4.79 Å². The predicted octanol–water partition coefficient (Wildman–Crippen LogP) is 0.287. The molecule has 0 N–H and O–H groups in total. The monoisotopic (exact) mass is 136 g/mol. The van der Waals surface area contributed by atoms with E-state index < -0.39 is 5.76 Å². The lowest BCUT2D eigenvalue weighted by atomic mass is 10.5. The van der Waals surface area contributed by atoms with Crippen LogP contribution in [-0.4, -0.2) is 9.56 Å². The van der Waals surface area contributed by atoms with E-state index in [2.05, 4.69) is 9.51 Å². The van der Waals surface area contributed by atoms with Gasteiger partial charge in [-0.1, -0.05) is 6.07 Å². The van der Waals surface area contributed by atoms with Gasteiger partial charge in [0.15, 0.2) is 5.65 Å². The molecule has 2 rings (SSSR count). The van der Waals surface area contributed by atoms with Crippen LogP contribution in [-0.2, 0) is 0 Å². The lowest BCUT2D eigenvalue weighted by Crippen LogP contribution is -1.93. The van der Waals surface area contributed by atoms with E-state index in [4.69, 9.17) is 0 Å². The van der Waals surface area contributed by atoms with Gasteiger partial charge in [-0.25, -0.2) is 4.79 Å². The Kier molecular flexibility index (Phi) is 0.887. The minimum atomic E-state index is -0.564. The molecule has 0 aromatic carbocycles. The first-order valence-corrected chi connectivity index (χ1v) is 2.81. The Balaban J connectivity index is 3.01. The molecule has 0 atom stereocenters. The van der Waals surface area contributed by atoms with Gasteiger partial charge in [-0.2, -0.15) is 9.56 Å². The first-order chi connectivity index (χ1) is 4.86. The Bertz CT molecular complexity index is 365. The van der Waals surface area contributed by atoms with Gasteiger partial charge in [-0.05, 0) is 12.1 Å². The molecule has 50 valence electrons. The zero-order valence-electron chi connectivity index (χ0n) is 5.02. The van der Waals surface area contributed by atoms with Crippen LogP contribution in [0.4, 0.5) is 0 Å². The smallest absolute Gasteiger partial charge is 0.314 e. The summed E-state index contributed by atoms with van der Waals surface area (Å²) in [5, 5.41) is 0. The van der Waals surface area contributed by atoms with Crippen molar-refractivity contribution >= 4 is 5.65 Å². The highest BCUT2D eigenvalue weighted by atomic mass is 16.5. The summed E-state index contributed by atoms with van der Waals surface area (Å²) in [5.74, 6) is -0.564. The van der Waals surface area contributed by atoms with Crippen LogP contribution in [0.15, 0.2) is 33.7 Å². The normalized spacial score (nSPS) is 10.4. The maximum atomic E-state index is 10.5. The number of fused-ring (bicyclic) bond motifs is 1. The molecule has 0 amide bonds. The van der Waals surface area contributed by atoms with E-state index >= 15 is 0 Å². The van der Waals surface area contributed by atoms with Gasteiger partial charge in [-0.3, -0.25) is 0 Å². The summed E-state index contributed by atoms with van der Waals surface area (Å²) in [5.41, 5.74) is 0.535. The van der Waals surface area contributed by atoms with Gasteiger partial charge in [0.25, 0.3) is 0 Å². The number of hydrogen-bond donors (Lipinski definition) is 0. The topological polar surface area (TPSA) is 47.5 Å². The van der Waals surface area contributed by atoms with Crippen LogP contribution in [0, 0.1) is 0 Å². The van der Waals surface area contributed by atoms with E-state index in [0.717, 1.165) is 0 Å². The standard InChI is InChI=1S/C6H4N2O2/c9-6-7-5-3-1-2-4-8(5)10-6/h1-4H. The SMILES string of the molecule is O=c1nc2ccccn2o1. The van der Waals surface area contributed by atoms with Gasteiger partial charge in [0.05, 0.1) is 0 Å². The van der Waals surface area contributed by atoms with Crippen molar-refractivity contribution < 1.29 is 4.52 Å². The fourth-order valence-electron chi connectivity index (χ4n) is 0.781. The van der Waals surface area contributed by atoms with Gasteiger partial charge < -0.3 is 4.52 Å². The van der Waals surface area contributed by atoms with Gasteiger partial charge in [0, 0.05) is 6.20 Å². The first kappa shape index (κ1) is 5.22. The molecular weight excluding hydrogens is 132 g/mol. The number of rotatable bonds is 0.